The Morgan fingerprint density at radius 3 is 2.92 bits per heavy atom. The predicted molar refractivity (Wildman–Crippen MR) is 47.2 cm³/mol. The van der Waals surface area contributed by atoms with E-state index in [4.69, 9.17) is 16.3 Å². The first-order chi connectivity index (χ1) is 6.24. The lowest BCUT2D eigenvalue weighted by molar-refractivity contribution is 0.309. The highest BCUT2D eigenvalue weighted by Gasteiger charge is 2.02. The molecule has 0 aromatic heterocycles. The molecule has 0 aliphatic heterocycles. The maximum Gasteiger partial charge on any atom is 0.201 e. The molecule has 2 nitrogen and oxygen atoms in total. The van der Waals surface area contributed by atoms with Crippen molar-refractivity contribution in [3.8, 4) is 5.75 Å². The standard InChI is InChI=1S/C9H7ClFO2/c10-7-2-3-9(8(11)6-7)13-5-1-4-12/h2-3,6H,1,5H2. The molecule has 4 heteroatoms. The second-order valence-electron chi connectivity index (χ2n) is 2.32. The summed E-state index contributed by atoms with van der Waals surface area (Å²) in [6.07, 6.45) is 1.77. The Morgan fingerprint density at radius 2 is 2.31 bits per heavy atom. The van der Waals surface area contributed by atoms with E-state index in [0.717, 1.165) is 6.07 Å². The van der Waals surface area contributed by atoms with Gasteiger partial charge in [-0.1, -0.05) is 11.6 Å². The summed E-state index contributed by atoms with van der Waals surface area (Å²) < 4.78 is 17.9. The second-order valence-corrected chi connectivity index (χ2v) is 2.75. The van der Waals surface area contributed by atoms with Crippen molar-refractivity contribution in [2.75, 3.05) is 6.61 Å². The third-order valence-corrected chi connectivity index (χ3v) is 1.59. The molecule has 0 aliphatic rings. The molecule has 0 saturated carbocycles. The summed E-state index contributed by atoms with van der Waals surface area (Å²) in [5.41, 5.74) is 0. The van der Waals surface area contributed by atoms with Crippen molar-refractivity contribution in [3.05, 3.63) is 29.0 Å². The van der Waals surface area contributed by atoms with Gasteiger partial charge in [0.15, 0.2) is 11.6 Å². The van der Waals surface area contributed by atoms with Crippen LogP contribution in [0, 0.1) is 5.82 Å². The largest absolute Gasteiger partial charge is 0.490 e. The molecule has 0 aliphatic carbocycles. The summed E-state index contributed by atoms with van der Waals surface area (Å²) in [5.74, 6) is -0.432. The van der Waals surface area contributed by atoms with Gasteiger partial charge in [-0.2, -0.15) is 0 Å². The highest BCUT2D eigenvalue weighted by molar-refractivity contribution is 6.30. The Kier molecular flexibility index (Phi) is 3.71. The van der Waals surface area contributed by atoms with E-state index in [9.17, 15) is 9.18 Å². The van der Waals surface area contributed by atoms with E-state index in [1.807, 2.05) is 0 Å². The van der Waals surface area contributed by atoms with Crippen LogP contribution in [-0.4, -0.2) is 12.9 Å². The average Bonchev–Trinajstić information content (AvgIpc) is 2.09. The first kappa shape index (κ1) is 9.99. The third kappa shape index (κ3) is 3.03. The quantitative estimate of drug-likeness (QED) is 0.699. The highest BCUT2D eigenvalue weighted by atomic mass is 35.5. The number of halogens is 2. The number of hydrogen-bond acceptors (Lipinski definition) is 2. The maximum absolute atomic E-state index is 13.0. The minimum Gasteiger partial charge on any atom is -0.490 e. The summed E-state index contributed by atoms with van der Waals surface area (Å²) in [7, 11) is 0. The van der Waals surface area contributed by atoms with Crippen LogP contribution in [0.5, 0.6) is 5.75 Å². The maximum atomic E-state index is 13.0. The molecule has 0 heterocycles. The van der Waals surface area contributed by atoms with E-state index >= 15 is 0 Å². The fourth-order valence-electron chi connectivity index (χ4n) is 0.795. The zero-order valence-corrected chi connectivity index (χ0v) is 7.47. The van der Waals surface area contributed by atoms with Crippen LogP contribution in [0.1, 0.15) is 6.42 Å². The highest BCUT2D eigenvalue weighted by Crippen LogP contribution is 2.20. The smallest absolute Gasteiger partial charge is 0.201 e. The van der Waals surface area contributed by atoms with E-state index in [2.05, 4.69) is 0 Å². The molecule has 0 N–H and O–H groups in total. The van der Waals surface area contributed by atoms with Gasteiger partial charge in [0.2, 0.25) is 6.29 Å². The first-order valence-corrected chi connectivity index (χ1v) is 4.04. The van der Waals surface area contributed by atoms with Crippen molar-refractivity contribution in [1.82, 2.24) is 0 Å². The van der Waals surface area contributed by atoms with Crippen molar-refractivity contribution in [1.29, 1.82) is 0 Å². The SMILES string of the molecule is O=[C]CCOc1ccc(Cl)cc1F. The molecule has 0 fully saturated rings. The lowest BCUT2D eigenvalue weighted by atomic mass is 10.3. The molecular weight excluding hydrogens is 195 g/mol. The second kappa shape index (κ2) is 4.82. The molecular formula is C9H7ClFO2. The summed E-state index contributed by atoms with van der Waals surface area (Å²) in [6, 6.07) is 4.09. The Bertz CT molecular complexity index is 302. The van der Waals surface area contributed by atoms with Crippen molar-refractivity contribution in [2.45, 2.75) is 6.42 Å². The molecule has 0 spiro atoms. The monoisotopic (exact) mass is 201 g/mol. The molecule has 0 atom stereocenters. The van der Waals surface area contributed by atoms with Gasteiger partial charge in [0, 0.05) is 11.4 Å². The van der Waals surface area contributed by atoms with Crippen LogP contribution in [0.4, 0.5) is 4.39 Å². The van der Waals surface area contributed by atoms with Crippen molar-refractivity contribution in [2.24, 2.45) is 0 Å². The van der Waals surface area contributed by atoms with E-state index in [1.54, 1.807) is 6.29 Å². The fourth-order valence-corrected chi connectivity index (χ4v) is 0.954. The van der Waals surface area contributed by atoms with Crippen LogP contribution < -0.4 is 4.74 Å². The molecule has 1 aromatic carbocycles. The van der Waals surface area contributed by atoms with Gasteiger partial charge < -0.3 is 4.74 Å². The average molecular weight is 202 g/mol. The van der Waals surface area contributed by atoms with E-state index in [0.29, 0.717) is 5.02 Å². The molecule has 1 rings (SSSR count). The topological polar surface area (TPSA) is 26.3 Å². The van der Waals surface area contributed by atoms with E-state index in [-0.39, 0.29) is 18.8 Å². The van der Waals surface area contributed by atoms with E-state index < -0.39 is 5.82 Å². The molecule has 69 valence electrons. The predicted octanol–water partition coefficient (Wildman–Crippen LogP) is 2.36. The van der Waals surface area contributed by atoms with Crippen LogP contribution in [0.25, 0.3) is 0 Å². The van der Waals surface area contributed by atoms with Gasteiger partial charge in [-0.25, -0.2) is 4.39 Å². The molecule has 0 bridgehead atoms. The normalized spacial score (nSPS) is 9.69. The van der Waals surface area contributed by atoms with Crippen LogP contribution in [0.15, 0.2) is 18.2 Å². The zero-order valence-electron chi connectivity index (χ0n) is 6.72. The minimum absolute atomic E-state index is 0.0969. The van der Waals surface area contributed by atoms with Gasteiger partial charge in [-0.15, -0.1) is 0 Å². The summed E-state index contributed by atoms with van der Waals surface area (Å²) in [5, 5.41) is 0.312. The number of benzene rings is 1. The van der Waals surface area contributed by atoms with Crippen LogP contribution >= 0.6 is 11.6 Å². The van der Waals surface area contributed by atoms with Crippen LogP contribution in [-0.2, 0) is 4.79 Å². The Morgan fingerprint density at radius 1 is 1.54 bits per heavy atom. The van der Waals surface area contributed by atoms with E-state index in [1.165, 1.54) is 12.1 Å². The minimum atomic E-state index is -0.529. The molecule has 0 amide bonds. The number of carbonyl (C=O) groups excluding carboxylic acids is 1. The van der Waals surface area contributed by atoms with Gasteiger partial charge >= 0.3 is 0 Å². The summed E-state index contributed by atoms with van der Waals surface area (Å²) in [4.78, 5) is 9.81. The lowest BCUT2D eigenvalue weighted by Gasteiger charge is -2.04. The number of rotatable bonds is 4. The van der Waals surface area contributed by atoms with Gasteiger partial charge in [0.1, 0.15) is 0 Å². The van der Waals surface area contributed by atoms with Crippen molar-refractivity contribution >= 4 is 17.9 Å². The van der Waals surface area contributed by atoms with Crippen LogP contribution in [0.3, 0.4) is 0 Å². The molecule has 0 saturated heterocycles. The molecule has 1 radical (unpaired) electrons. The van der Waals surface area contributed by atoms with Gasteiger partial charge in [0.25, 0.3) is 0 Å². The van der Waals surface area contributed by atoms with Crippen LogP contribution in [0.2, 0.25) is 5.02 Å². The zero-order chi connectivity index (χ0) is 9.68. The summed E-state index contributed by atoms with van der Waals surface area (Å²) >= 11 is 5.52. The van der Waals surface area contributed by atoms with Gasteiger partial charge in [-0.3, -0.25) is 4.79 Å². The molecule has 1 aromatic rings. The molecule has 0 unspecified atom stereocenters. The Labute approximate surface area is 80.3 Å². The van der Waals surface area contributed by atoms with Gasteiger partial charge in [0.05, 0.1) is 6.61 Å². The lowest BCUT2D eigenvalue weighted by Crippen LogP contribution is -1.99. The summed E-state index contributed by atoms with van der Waals surface area (Å²) in [6.45, 7) is 0.127. The number of hydrogen-bond donors (Lipinski definition) is 0. The van der Waals surface area contributed by atoms with Crippen molar-refractivity contribution in [3.63, 3.8) is 0 Å². The Balaban J connectivity index is 2.61. The molecule has 13 heavy (non-hydrogen) atoms. The third-order valence-electron chi connectivity index (χ3n) is 1.36. The van der Waals surface area contributed by atoms with Gasteiger partial charge in [-0.05, 0) is 18.2 Å². The fraction of sp³-hybridized carbons (Fsp3) is 0.222. The first-order valence-electron chi connectivity index (χ1n) is 3.67. The number of ether oxygens (including phenoxy) is 1. The Hall–Kier alpha value is -1.09. The van der Waals surface area contributed by atoms with Crippen molar-refractivity contribution < 1.29 is 13.9 Å².